The fourth-order valence-electron chi connectivity index (χ4n) is 2.77. The van der Waals surface area contributed by atoms with Crippen molar-refractivity contribution >= 4 is 29.0 Å². The molecule has 1 fully saturated rings. The Morgan fingerprint density at radius 1 is 1.29 bits per heavy atom. The number of ether oxygens (including phenoxy) is 2. The van der Waals surface area contributed by atoms with E-state index in [0.717, 1.165) is 25.3 Å². The first kappa shape index (κ1) is 18.7. The first-order valence-electron chi connectivity index (χ1n) is 8.54. The maximum Gasteiger partial charge on any atom is 0.337 e. The molecule has 1 aromatic carbocycles. The summed E-state index contributed by atoms with van der Waals surface area (Å²) in [6, 6.07) is 7.06. The van der Waals surface area contributed by atoms with Crippen LogP contribution in [0.15, 0.2) is 24.3 Å². The maximum atomic E-state index is 11.5. The lowest BCUT2D eigenvalue weighted by Crippen LogP contribution is -2.30. The van der Waals surface area contributed by atoms with Crippen LogP contribution in [0.1, 0.15) is 48.9 Å². The van der Waals surface area contributed by atoms with Gasteiger partial charge in [-0.05, 0) is 49.7 Å². The van der Waals surface area contributed by atoms with Crippen LogP contribution >= 0.6 is 12.2 Å². The fraction of sp³-hybridized carbons (Fsp3) is 0.556. The van der Waals surface area contributed by atoms with Crippen molar-refractivity contribution in [3.8, 4) is 0 Å². The van der Waals surface area contributed by atoms with Crippen LogP contribution in [0.2, 0.25) is 0 Å². The van der Waals surface area contributed by atoms with Crippen LogP contribution in [0.4, 0.5) is 5.69 Å². The highest BCUT2D eigenvalue weighted by atomic mass is 32.1. The van der Waals surface area contributed by atoms with Gasteiger partial charge in [0, 0.05) is 18.8 Å². The van der Waals surface area contributed by atoms with E-state index in [2.05, 4.69) is 10.6 Å². The van der Waals surface area contributed by atoms with Gasteiger partial charge in [-0.15, -0.1) is 0 Å². The largest absolute Gasteiger partial charge is 0.465 e. The Bertz CT molecular complexity index is 545. The van der Waals surface area contributed by atoms with Gasteiger partial charge in [-0.25, -0.2) is 4.79 Å². The van der Waals surface area contributed by atoms with E-state index < -0.39 is 0 Å². The molecule has 0 unspecified atom stereocenters. The van der Waals surface area contributed by atoms with Crippen LogP contribution < -0.4 is 10.6 Å². The monoisotopic (exact) mass is 350 g/mol. The van der Waals surface area contributed by atoms with Gasteiger partial charge >= 0.3 is 5.97 Å². The van der Waals surface area contributed by atoms with Crippen LogP contribution in [0.25, 0.3) is 0 Å². The second-order valence-corrected chi connectivity index (χ2v) is 6.35. The highest BCUT2D eigenvalue weighted by Crippen LogP contribution is 2.20. The molecule has 1 aromatic rings. The predicted octanol–water partition coefficient (Wildman–Crippen LogP) is 3.50. The molecule has 2 N–H and O–H groups in total. The lowest BCUT2D eigenvalue weighted by Gasteiger charge is -2.22. The van der Waals surface area contributed by atoms with E-state index in [1.807, 2.05) is 6.07 Å². The smallest absolute Gasteiger partial charge is 0.337 e. The Hall–Kier alpha value is -1.66. The van der Waals surface area contributed by atoms with Crippen molar-refractivity contribution in [2.45, 2.75) is 44.6 Å². The normalized spacial score (nSPS) is 14.9. The summed E-state index contributed by atoms with van der Waals surface area (Å²) in [5.74, 6) is -0.364. The molecule has 5 nitrogen and oxygen atoms in total. The molecule has 0 aliphatic heterocycles. The van der Waals surface area contributed by atoms with E-state index in [-0.39, 0.29) is 5.97 Å². The van der Waals surface area contributed by atoms with Gasteiger partial charge in [0.15, 0.2) is 5.11 Å². The molecule has 132 valence electrons. The average molecular weight is 350 g/mol. The van der Waals surface area contributed by atoms with Crippen molar-refractivity contribution in [2.24, 2.45) is 0 Å². The first-order valence-corrected chi connectivity index (χ1v) is 8.94. The predicted molar refractivity (Wildman–Crippen MR) is 99.4 cm³/mol. The molecule has 1 aliphatic carbocycles. The summed E-state index contributed by atoms with van der Waals surface area (Å²) in [6.07, 6.45) is 7.70. The van der Waals surface area contributed by atoms with E-state index in [1.165, 1.54) is 39.2 Å². The van der Waals surface area contributed by atoms with Crippen LogP contribution in [0.3, 0.4) is 0 Å². The van der Waals surface area contributed by atoms with E-state index in [4.69, 9.17) is 21.7 Å². The number of carbonyl (C=O) groups is 1. The van der Waals surface area contributed by atoms with E-state index >= 15 is 0 Å². The minimum atomic E-state index is -0.364. The van der Waals surface area contributed by atoms with Gasteiger partial charge in [-0.3, -0.25) is 0 Å². The number of thiocarbonyl (C=S) groups is 1. The van der Waals surface area contributed by atoms with Crippen LogP contribution in [0, 0.1) is 0 Å². The van der Waals surface area contributed by atoms with Gasteiger partial charge in [0.05, 0.1) is 18.8 Å². The number of nitrogens with one attached hydrogen (secondary N) is 2. The third-order valence-electron chi connectivity index (χ3n) is 4.05. The Morgan fingerprint density at radius 2 is 2.08 bits per heavy atom. The third kappa shape index (κ3) is 6.45. The Morgan fingerprint density at radius 3 is 2.83 bits per heavy atom. The number of rotatable bonds is 7. The number of carbonyl (C=O) groups excluding carboxylic acids is 1. The topological polar surface area (TPSA) is 59.6 Å². The lowest BCUT2D eigenvalue weighted by atomic mass is 9.98. The zero-order valence-electron chi connectivity index (χ0n) is 14.2. The van der Waals surface area contributed by atoms with Crippen molar-refractivity contribution in [2.75, 3.05) is 25.6 Å². The quantitative estimate of drug-likeness (QED) is 0.446. The van der Waals surface area contributed by atoms with Crippen LogP contribution in [0.5, 0.6) is 0 Å². The molecule has 0 spiro atoms. The molecule has 2 rings (SSSR count). The van der Waals surface area contributed by atoms with Gasteiger partial charge in [0.2, 0.25) is 0 Å². The molecule has 24 heavy (non-hydrogen) atoms. The van der Waals surface area contributed by atoms with Gasteiger partial charge in [-0.2, -0.15) is 0 Å². The average Bonchev–Trinajstić information content (AvgIpc) is 2.62. The minimum absolute atomic E-state index is 0.364. The second-order valence-electron chi connectivity index (χ2n) is 5.94. The second kappa shape index (κ2) is 10.3. The number of benzene rings is 1. The summed E-state index contributed by atoms with van der Waals surface area (Å²) in [5.41, 5.74) is 1.25. The molecule has 0 heterocycles. The number of hydrogen-bond donors (Lipinski definition) is 2. The van der Waals surface area contributed by atoms with Crippen LogP contribution in [-0.4, -0.2) is 37.4 Å². The summed E-state index contributed by atoms with van der Waals surface area (Å²) in [5, 5.41) is 6.77. The summed E-state index contributed by atoms with van der Waals surface area (Å²) in [7, 11) is 1.37. The highest BCUT2D eigenvalue weighted by molar-refractivity contribution is 7.80. The summed E-state index contributed by atoms with van der Waals surface area (Å²) in [6.45, 7) is 1.52. The van der Waals surface area contributed by atoms with Crippen molar-refractivity contribution in [3.05, 3.63) is 29.8 Å². The fourth-order valence-corrected chi connectivity index (χ4v) is 2.99. The summed E-state index contributed by atoms with van der Waals surface area (Å²) < 4.78 is 10.6. The van der Waals surface area contributed by atoms with Crippen molar-refractivity contribution < 1.29 is 14.3 Å². The van der Waals surface area contributed by atoms with Crippen molar-refractivity contribution in [1.82, 2.24) is 5.32 Å². The molecule has 0 atom stereocenters. The zero-order valence-corrected chi connectivity index (χ0v) is 15.0. The van der Waals surface area contributed by atoms with Crippen molar-refractivity contribution in [3.63, 3.8) is 0 Å². The first-order chi connectivity index (χ1) is 11.7. The maximum absolute atomic E-state index is 11.5. The Balaban J connectivity index is 1.63. The minimum Gasteiger partial charge on any atom is -0.465 e. The van der Waals surface area contributed by atoms with E-state index in [9.17, 15) is 4.79 Å². The van der Waals surface area contributed by atoms with E-state index in [0.29, 0.717) is 16.8 Å². The molecule has 0 bridgehead atoms. The highest BCUT2D eigenvalue weighted by Gasteiger charge is 2.13. The van der Waals surface area contributed by atoms with Gasteiger partial charge in [-0.1, -0.05) is 25.3 Å². The number of methoxy groups -OCH3 is 1. The lowest BCUT2D eigenvalue weighted by molar-refractivity contribution is 0.0277. The Kier molecular flexibility index (Phi) is 7.98. The van der Waals surface area contributed by atoms with Gasteiger partial charge in [0.1, 0.15) is 0 Å². The standard InChI is InChI=1S/C18H26N2O3S/c1-22-17(21)14-7-5-8-15(13-14)20-18(24)19-11-6-12-23-16-9-3-2-4-10-16/h5,7-8,13,16H,2-4,6,9-12H2,1H3,(H2,19,20,24). The Labute approximate surface area is 149 Å². The molecule has 0 aromatic heterocycles. The van der Waals surface area contributed by atoms with Gasteiger partial charge < -0.3 is 20.1 Å². The van der Waals surface area contributed by atoms with Crippen LogP contribution in [-0.2, 0) is 9.47 Å². The molecular formula is C18H26N2O3S. The summed E-state index contributed by atoms with van der Waals surface area (Å²) in [4.78, 5) is 11.5. The van der Waals surface area contributed by atoms with Gasteiger partial charge in [0.25, 0.3) is 0 Å². The molecule has 0 amide bonds. The molecule has 0 radical (unpaired) electrons. The van der Waals surface area contributed by atoms with E-state index in [1.54, 1.807) is 18.2 Å². The zero-order chi connectivity index (χ0) is 17.2. The number of hydrogen-bond acceptors (Lipinski definition) is 4. The molecule has 6 heteroatoms. The molecule has 1 saturated carbocycles. The third-order valence-corrected chi connectivity index (χ3v) is 4.30. The van der Waals surface area contributed by atoms with Crippen molar-refractivity contribution in [1.29, 1.82) is 0 Å². The summed E-state index contributed by atoms with van der Waals surface area (Å²) >= 11 is 5.27. The molecule has 0 saturated heterocycles. The number of esters is 1. The molecular weight excluding hydrogens is 324 g/mol. The molecule has 1 aliphatic rings. The SMILES string of the molecule is COC(=O)c1cccc(NC(=S)NCCCOC2CCCCC2)c1. The number of anilines is 1.